The Balaban J connectivity index is 3.09. The molecule has 0 spiro atoms. The van der Waals surface area contributed by atoms with E-state index in [2.05, 4.69) is 15.9 Å². The zero-order valence-corrected chi connectivity index (χ0v) is 7.18. The van der Waals surface area contributed by atoms with Crippen molar-refractivity contribution < 1.29 is 5.48 Å². The largest absolute Gasteiger partial charge is 0.630 e. The van der Waals surface area contributed by atoms with Gasteiger partial charge in [-0.2, -0.15) is 0 Å². The van der Waals surface area contributed by atoms with E-state index in [0.29, 0.717) is 0 Å². The minimum absolute atomic E-state index is 0.745. The minimum Gasteiger partial charge on any atom is -0.630 e. The van der Waals surface area contributed by atoms with Crippen LogP contribution in [0.1, 0.15) is 5.56 Å². The second-order valence-corrected chi connectivity index (χ2v) is 3.03. The van der Waals surface area contributed by atoms with Gasteiger partial charge in [0.05, 0.1) is 0 Å². The fraction of sp³-hybridized carbons (Fsp3) is 0.143. The van der Waals surface area contributed by atoms with E-state index in [-0.39, 0.29) is 0 Å². The van der Waals surface area contributed by atoms with Crippen molar-refractivity contribution in [3.63, 3.8) is 0 Å². The van der Waals surface area contributed by atoms with Crippen molar-refractivity contribution in [1.29, 1.82) is 0 Å². The predicted molar refractivity (Wildman–Crippen MR) is 43.8 cm³/mol. The monoisotopic (exact) mass is 201 g/mol. The first-order valence-electron chi connectivity index (χ1n) is 2.95. The topological polar surface area (TPSA) is 39.7 Å². The summed E-state index contributed by atoms with van der Waals surface area (Å²) < 4.78 is 0.945. The molecule has 2 nitrogen and oxygen atoms in total. The third-order valence-electron chi connectivity index (χ3n) is 1.37. The van der Waals surface area contributed by atoms with Crippen LogP contribution in [0.3, 0.4) is 0 Å². The first kappa shape index (κ1) is 7.72. The summed E-state index contributed by atoms with van der Waals surface area (Å²) in [6.07, 6.45) is 0. The molecule has 1 aromatic carbocycles. The average molecular weight is 202 g/mol. The van der Waals surface area contributed by atoms with Crippen LogP contribution in [0.5, 0.6) is 0 Å². The van der Waals surface area contributed by atoms with Crippen molar-refractivity contribution in [2.45, 2.75) is 6.92 Å². The predicted octanol–water partition coefficient (Wildman–Crippen LogP) is 1.45. The van der Waals surface area contributed by atoms with Crippen molar-refractivity contribution >= 4 is 21.6 Å². The Morgan fingerprint density at radius 3 is 2.70 bits per heavy atom. The molecule has 0 atom stereocenters. The van der Waals surface area contributed by atoms with Gasteiger partial charge in [-0.3, -0.25) is 0 Å². The molecule has 0 radical (unpaired) electrons. The van der Waals surface area contributed by atoms with E-state index in [1.165, 1.54) is 0 Å². The second-order valence-electron chi connectivity index (χ2n) is 2.12. The van der Waals surface area contributed by atoms with E-state index in [9.17, 15) is 5.21 Å². The van der Waals surface area contributed by atoms with Gasteiger partial charge in [-0.15, -0.1) is 0 Å². The highest BCUT2D eigenvalue weighted by molar-refractivity contribution is 9.10. The number of rotatable bonds is 1. The molecule has 0 amide bonds. The zero-order chi connectivity index (χ0) is 7.56. The molecule has 1 rings (SSSR count). The molecule has 0 fully saturated rings. The van der Waals surface area contributed by atoms with Crippen molar-refractivity contribution in [3.8, 4) is 0 Å². The number of hydrogen-bond acceptors (Lipinski definition) is 1. The van der Waals surface area contributed by atoms with Crippen LogP contribution in [0.15, 0.2) is 22.7 Å². The molecule has 0 aliphatic rings. The van der Waals surface area contributed by atoms with Crippen LogP contribution in [-0.4, -0.2) is 0 Å². The molecule has 54 valence electrons. The lowest BCUT2D eigenvalue weighted by Gasteiger charge is -2.04. The van der Waals surface area contributed by atoms with Gasteiger partial charge in [0.2, 0.25) is 0 Å². The van der Waals surface area contributed by atoms with Crippen molar-refractivity contribution in [2.24, 2.45) is 0 Å². The Morgan fingerprint density at radius 1 is 1.50 bits per heavy atom. The number of halogens is 1. The maximum Gasteiger partial charge on any atom is 0.133 e. The zero-order valence-electron chi connectivity index (χ0n) is 5.60. The summed E-state index contributed by atoms with van der Waals surface area (Å²) in [6, 6.07) is 5.64. The fourth-order valence-corrected chi connectivity index (χ4v) is 1.12. The van der Waals surface area contributed by atoms with Gasteiger partial charge in [0.15, 0.2) is 0 Å². The number of benzene rings is 1. The first-order valence-corrected chi connectivity index (χ1v) is 3.74. The lowest BCUT2D eigenvalue weighted by Crippen LogP contribution is -2.70. The van der Waals surface area contributed by atoms with Gasteiger partial charge in [0.1, 0.15) is 5.69 Å². The Bertz CT molecular complexity index is 237. The van der Waals surface area contributed by atoms with Crippen LogP contribution in [-0.2, 0) is 0 Å². The molecule has 2 N–H and O–H groups in total. The number of quaternary nitrogens is 1. The number of aryl methyl sites for hydroxylation is 1. The molecule has 0 saturated carbocycles. The van der Waals surface area contributed by atoms with Crippen LogP contribution in [0, 0.1) is 12.1 Å². The Labute approximate surface area is 68.0 Å². The summed E-state index contributed by atoms with van der Waals surface area (Å²) in [7, 11) is 0. The highest BCUT2D eigenvalue weighted by Gasteiger charge is 1.96. The van der Waals surface area contributed by atoms with Gasteiger partial charge in [0.25, 0.3) is 0 Å². The standard InChI is InChI=1S/C7H8BrNO/c1-5-2-3-6(8)4-7(5)9-10/h2-4H,9H2,1H3. The molecule has 3 heteroatoms. The van der Waals surface area contributed by atoms with Gasteiger partial charge in [-0.05, 0) is 13.0 Å². The van der Waals surface area contributed by atoms with Gasteiger partial charge >= 0.3 is 0 Å². The van der Waals surface area contributed by atoms with Gasteiger partial charge in [-0.25, -0.2) is 0 Å². The molecule has 1 aromatic rings. The highest BCUT2D eigenvalue weighted by atomic mass is 79.9. The Morgan fingerprint density at radius 2 is 2.20 bits per heavy atom. The fourth-order valence-electron chi connectivity index (χ4n) is 0.738. The summed E-state index contributed by atoms with van der Waals surface area (Å²) in [6.45, 7) is 1.91. The smallest absolute Gasteiger partial charge is 0.133 e. The van der Waals surface area contributed by atoms with Crippen LogP contribution in [0.2, 0.25) is 0 Å². The molecule has 0 heterocycles. The molecule has 10 heavy (non-hydrogen) atoms. The van der Waals surface area contributed by atoms with Crippen molar-refractivity contribution in [1.82, 2.24) is 0 Å². The third-order valence-corrected chi connectivity index (χ3v) is 1.86. The van der Waals surface area contributed by atoms with E-state index in [4.69, 9.17) is 0 Å². The number of hydrogen-bond donors (Lipinski definition) is 1. The summed E-state index contributed by atoms with van der Waals surface area (Å²) in [5.41, 5.74) is 2.62. The molecular weight excluding hydrogens is 194 g/mol. The van der Waals surface area contributed by atoms with E-state index < -0.39 is 0 Å². The minimum atomic E-state index is 0.745. The van der Waals surface area contributed by atoms with E-state index in [1.54, 1.807) is 0 Å². The normalized spacial score (nSPS) is 9.90. The maximum absolute atomic E-state index is 10.4. The summed E-state index contributed by atoms with van der Waals surface area (Å²) in [4.78, 5) is 0. The van der Waals surface area contributed by atoms with Crippen LogP contribution < -0.4 is 5.48 Å². The van der Waals surface area contributed by atoms with Crippen LogP contribution in [0.25, 0.3) is 0 Å². The first-order chi connectivity index (χ1) is 4.74. The summed E-state index contributed by atoms with van der Waals surface area (Å²) >= 11 is 3.28. The molecular formula is C7H8BrNO. The molecule has 0 aromatic heterocycles. The molecule has 0 aliphatic carbocycles. The van der Waals surface area contributed by atoms with Gasteiger partial charge in [-0.1, -0.05) is 22.0 Å². The average Bonchev–Trinajstić information content (AvgIpc) is 1.94. The lowest BCUT2D eigenvalue weighted by atomic mass is 10.2. The second kappa shape index (κ2) is 3.14. The van der Waals surface area contributed by atoms with Crippen LogP contribution >= 0.6 is 15.9 Å². The Hall–Kier alpha value is -0.380. The third kappa shape index (κ3) is 1.56. The quantitative estimate of drug-likeness (QED) is 0.543. The molecule has 0 saturated heterocycles. The SMILES string of the molecule is Cc1ccc(Br)cc1[NH2+][O-]. The number of nitrogens with two attached hydrogens (primary N) is 1. The highest BCUT2D eigenvalue weighted by Crippen LogP contribution is 2.16. The van der Waals surface area contributed by atoms with E-state index in [0.717, 1.165) is 21.2 Å². The van der Waals surface area contributed by atoms with Crippen molar-refractivity contribution in [2.75, 3.05) is 0 Å². The maximum atomic E-state index is 10.4. The summed E-state index contributed by atoms with van der Waals surface area (Å²) in [5.74, 6) is 0. The van der Waals surface area contributed by atoms with Gasteiger partial charge in [0, 0.05) is 16.1 Å². The molecule has 0 unspecified atom stereocenters. The summed E-state index contributed by atoms with van der Waals surface area (Å²) in [5, 5.41) is 10.4. The van der Waals surface area contributed by atoms with Crippen LogP contribution in [0.4, 0.5) is 5.69 Å². The lowest BCUT2D eigenvalue weighted by molar-refractivity contribution is -0.497. The van der Waals surface area contributed by atoms with Gasteiger partial charge < -0.3 is 10.7 Å². The van der Waals surface area contributed by atoms with E-state index >= 15 is 0 Å². The molecule has 0 aliphatic heterocycles. The molecule has 0 bridgehead atoms. The van der Waals surface area contributed by atoms with E-state index in [1.807, 2.05) is 25.1 Å². The van der Waals surface area contributed by atoms with Crippen molar-refractivity contribution in [3.05, 3.63) is 33.4 Å². The Kier molecular flexibility index (Phi) is 2.43.